The lowest BCUT2D eigenvalue weighted by Gasteiger charge is -2.21. The lowest BCUT2D eigenvalue weighted by molar-refractivity contribution is -0.150. The Morgan fingerprint density at radius 1 is 1.13 bits per heavy atom. The van der Waals surface area contributed by atoms with E-state index >= 15 is 0 Å². The minimum absolute atomic E-state index is 0.0618. The van der Waals surface area contributed by atoms with Gasteiger partial charge in [-0.2, -0.15) is 0 Å². The molecule has 0 saturated carbocycles. The Balaban J connectivity index is 1.99. The average molecular weight is 444 g/mol. The minimum atomic E-state index is -0.954. The highest BCUT2D eigenvalue weighted by Gasteiger charge is 2.25. The van der Waals surface area contributed by atoms with Crippen LogP contribution in [-0.2, 0) is 16.1 Å². The van der Waals surface area contributed by atoms with Crippen molar-refractivity contribution in [3.63, 3.8) is 0 Å². The summed E-state index contributed by atoms with van der Waals surface area (Å²) in [5.74, 6) is -0.913. The summed E-state index contributed by atoms with van der Waals surface area (Å²) in [5, 5.41) is 10.8. The number of aromatic nitrogens is 1. The van der Waals surface area contributed by atoms with Crippen LogP contribution < -0.4 is 4.74 Å². The number of carboxylic acids is 1. The molecule has 2 aromatic carbocycles. The molecule has 0 spiro atoms. The molecule has 0 saturated heterocycles. The van der Waals surface area contributed by atoms with Crippen LogP contribution in [0.4, 0.5) is 0 Å². The number of hydrogen-bond acceptors (Lipinski definition) is 4. The van der Waals surface area contributed by atoms with Crippen molar-refractivity contribution in [3.8, 4) is 5.75 Å². The van der Waals surface area contributed by atoms with Crippen LogP contribution in [0.15, 0.2) is 36.4 Å². The largest absolute Gasteiger partial charge is 0.478 e. The quantitative estimate of drug-likeness (QED) is 0.505. The fourth-order valence-electron chi connectivity index (χ4n) is 3.62. The summed E-state index contributed by atoms with van der Waals surface area (Å²) in [4.78, 5) is 23.4. The number of esters is 1. The highest BCUT2D eigenvalue weighted by atomic mass is 35.5. The molecule has 7 heteroatoms. The van der Waals surface area contributed by atoms with E-state index in [2.05, 4.69) is 4.57 Å². The first kappa shape index (κ1) is 22.7. The standard InChI is InChI=1S/C24H26ClNO5/c1-13(2)22(24(29)30-5)31-18-7-8-20(25)17(10-18)12-26-15(4)14(3)19-11-16(23(27)28)6-9-21(19)26/h6-11,13,22H,12H2,1-5H3,(H,27,28). The van der Waals surface area contributed by atoms with Crippen molar-refractivity contribution in [2.24, 2.45) is 5.92 Å². The molecule has 0 amide bonds. The number of ether oxygens (including phenoxy) is 2. The zero-order valence-electron chi connectivity index (χ0n) is 18.2. The topological polar surface area (TPSA) is 77.8 Å². The molecule has 3 rings (SSSR count). The first-order chi connectivity index (χ1) is 14.6. The molecule has 0 aliphatic carbocycles. The number of halogens is 1. The number of hydrogen-bond donors (Lipinski definition) is 1. The van der Waals surface area contributed by atoms with E-state index in [4.69, 9.17) is 21.1 Å². The van der Waals surface area contributed by atoms with Gasteiger partial charge in [0.05, 0.1) is 12.7 Å². The van der Waals surface area contributed by atoms with Gasteiger partial charge in [-0.3, -0.25) is 0 Å². The molecule has 1 aromatic heterocycles. The molecule has 0 radical (unpaired) electrons. The van der Waals surface area contributed by atoms with Crippen LogP contribution in [0, 0.1) is 19.8 Å². The van der Waals surface area contributed by atoms with Crippen LogP contribution in [0.2, 0.25) is 5.02 Å². The third-order valence-electron chi connectivity index (χ3n) is 5.53. The first-order valence-electron chi connectivity index (χ1n) is 9.99. The van der Waals surface area contributed by atoms with Crippen LogP contribution in [0.5, 0.6) is 5.75 Å². The maximum Gasteiger partial charge on any atom is 0.347 e. The van der Waals surface area contributed by atoms with E-state index in [0.717, 1.165) is 27.7 Å². The summed E-state index contributed by atoms with van der Waals surface area (Å²) in [7, 11) is 1.34. The van der Waals surface area contributed by atoms with Crippen LogP contribution in [-0.4, -0.2) is 34.8 Å². The number of aryl methyl sites for hydroxylation is 1. The third kappa shape index (κ3) is 4.54. The normalized spacial score (nSPS) is 12.2. The second-order valence-electron chi connectivity index (χ2n) is 7.89. The summed E-state index contributed by atoms with van der Waals surface area (Å²) in [5.41, 5.74) is 4.05. The fourth-order valence-corrected chi connectivity index (χ4v) is 3.80. The van der Waals surface area contributed by atoms with Crippen LogP contribution in [0.25, 0.3) is 10.9 Å². The molecule has 3 aromatic rings. The van der Waals surface area contributed by atoms with Crippen molar-refractivity contribution >= 4 is 34.4 Å². The van der Waals surface area contributed by atoms with Gasteiger partial charge in [-0.05, 0) is 61.4 Å². The average Bonchev–Trinajstić information content (AvgIpc) is 2.97. The molecule has 1 heterocycles. The molecule has 0 aliphatic heterocycles. The molecular weight excluding hydrogens is 418 g/mol. The molecule has 31 heavy (non-hydrogen) atoms. The minimum Gasteiger partial charge on any atom is -0.478 e. The van der Waals surface area contributed by atoms with Crippen LogP contribution in [0.1, 0.15) is 41.0 Å². The van der Waals surface area contributed by atoms with Gasteiger partial charge in [-0.25, -0.2) is 9.59 Å². The number of rotatable bonds is 7. The highest BCUT2D eigenvalue weighted by molar-refractivity contribution is 6.31. The number of carbonyl (C=O) groups is 2. The number of carbonyl (C=O) groups excluding carboxylic acids is 1. The molecule has 164 valence electrons. The van der Waals surface area contributed by atoms with E-state index in [1.54, 1.807) is 24.3 Å². The Hall–Kier alpha value is -2.99. The number of nitrogens with zero attached hydrogens (tertiary/aromatic N) is 1. The first-order valence-corrected chi connectivity index (χ1v) is 10.4. The number of fused-ring (bicyclic) bond motifs is 1. The van der Waals surface area contributed by atoms with Crippen molar-refractivity contribution in [1.29, 1.82) is 0 Å². The molecule has 1 atom stereocenters. The Morgan fingerprint density at radius 3 is 2.45 bits per heavy atom. The van der Waals surface area contributed by atoms with Crippen molar-refractivity contribution in [3.05, 3.63) is 63.8 Å². The second kappa shape index (κ2) is 9.02. The molecule has 0 bridgehead atoms. The predicted octanol–water partition coefficient (Wildman–Crippen LogP) is 5.23. The zero-order chi connectivity index (χ0) is 22.9. The second-order valence-corrected chi connectivity index (χ2v) is 8.30. The number of carboxylic acid groups (broad SMARTS) is 1. The van der Waals surface area contributed by atoms with Crippen molar-refractivity contribution in [2.75, 3.05) is 7.11 Å². The molecule has 1 N–H and O–H groups in total. The zero-order valence-corrected chi connectivity index (χ0v) is 19.0. The third-order valence-corrected chi connectivity index (χ3v) is 5.90. The van der Waals surface area contributed by atoms with Crippen molar-refractivity contribution in [1.82, 2.24) is 4.57 Å². The maximum absolute atomic E-state index is 12.1. The van der Waals surface area contributed by atoms with E-state index in [1.165, 1.54) is 7.11 Å². The molecule has 6 nitrogen and oxygen atoms in total. The van der Waals surface area contributed by atoms with E-state index in [0.29, 0.717) is 17.3 Å². The fraction of sp³-hybridized carbons (Fsp3) is 0.333. The van der Waals surface area contributed by atoms with Gasteiger partial charge >= 0.3 is 11.9 Å². The van der Waals surface area contributed by atoms with Gasteiger partial charge in [0.15, 0.2) is 6.10 Å². The lowest BCUT2D eigenvalue weighted by atomic mass is 10.1. The molecule has 0 fully saturated rings. The summed E-state index contributed by atoms with van der Waals surface area (Å²) in [6, 6.07) is 10.4. The van der Waals surface area contributed by atoms with Gasteiger partial charge in [0.2, 0.25) is 0 Å². The molecular formula is C24H26ClNO5. The van der Waals surface area contributed by atoms with Gasteiger partial charge in [0, 0.05) is 34.1 Å². The summed E-state index contributed by atoms with van der Waals surface area (Å²) >= 11 is 6.47. The van der Waals surface area contributed by atoms with Gasteiger partial charge in [-0.1, -0.05) is 25.4 Å². The van der Waals surface area contributed by atoms with Gasteiger partial charge in [0.25, 0.3) is 0 Å². The Bertz CT molecular complexity index is 1150. The monoisotopic (exact) mass is 443 g/mol. The Labute approximate surface area is 186 Å². The number of methoxy groups -OCH3 is 1. The van der Waals surface area contributed by atoms with Crippen LogP contribution >= 0.6 is 11.6 Å². The van der Waals surface area contributed by atoms with Gasteiger partial charge in [-0.15, -0.1) is 0 Å². The van der Waals surface area contributed by atoms with Gasteiger partial charge < -0.3 is 19.1 Å². The van der Waals surface area contributed by atoms with Gasteiger partial charge in [0.1, 0.15) is 5.75 Å². The number of aromatic carboxylic acids is 1. The Kier molecular flexibility index (Phi) is 6.60. The summed E-state index contributed by atoms with van der Waals surface area (Å²) in [6.07, 6.45) is -0.718. The maximum atomic E-state index is 12.1. The highest BCUT2D eigenvalue weighted by Crippen LogP contribution is 2.30. The van der Waals surface area contributed by atoms with Crippen molar-refractivity contribution < 1.29 is 24.2 Å². The molecule has 1 unspecified atom stereocenters. The lowest BCUT2D eigenvalue weighted by Crippen LogP contribution is -2.33. The van der Waals surface area contributed by atoms with E-state index in [-0.39, 0.29) is 11.5 Å². The number of benzene rings is 2. The predicted molar refractivity (Wildman–Crippen MR) is 120 cm³/mol. The summed E-state index contributed by atoms with van der Waals surface area (Å²) < 4.78 is 12.9. The van der Waals surface area contributed by atoms with E-state index in [1.807, 2.05) is 39.8 Å². The van der Waals surface area contributed by atoms with Crippen LogP contribution in [0.3, 0.4) is 0 Å². The van der Waals surface area contributed by atoms with E-state index in [9.17, 15) is 14.7 Å². The molecule has 0 aliphatic rings. The summed E-state index contributed by atoms with van der Waals surface area (Å²) in [6.45, 7) is 8.23. The Morgan fingerprint density at radius 2 is 1.84 bits per heavy atom. The van der Waals surface area contributed by atoms with Crippen molar-refractivity contribution in [2.45, 2.75) is 40.3 Å². The smallest absolute Gasteiger partial charge is 0.347 e. The van der Waals surface area contributed by atoms with E-state index < -0.39 is 18.0 Å². The SMILES string of the molecule is COC(=O)C(Oc1ccc(Cl)c(Cn2c(C)c(C)c3cc(C(=O)O)ccc32)c1)C(C)C.